The molecule has 5 heteroatoms. The van der Waals surface area contributed by atoms with Crippen LogP contribution in [0.15, 0.2) is 0 Å². The number of hydrogen-bond acceptors (Lipinski definition) is 3. The molecule has 4 nitrogen and oxygen atoms in total. The molecule has 0 aromatic rings. The second-order valence-corrected chi connectivity index (χ2v) is 7.83. The molecule has 0 aromatic carbocycles. The van der Waals surface area contributed by atoms with Crippen molar-refractivity contribution in [3.63, 3.8) is 0 Å². The Labute approximate surface area is 85.7 Å². The zero-order chi connectivity index (χ0) is 10.6. The molecule has 14 heavy (non-hydrogen) atoms. The number of nitrogens with zero attached hydrogens (tertiary/aromatic N) is 1. The Bertz CT molecular complexity index is 331. The second-order valence-electron chi connectivity index (χ2n) is 5.18. The Morgan fingerprint density at radius 2 is 2.00 bits per heavy atom. The summed E-state index contributed by atoms with van der Waals surface area (Å²) in [5.41, 5.74) is 0. The molecule has 2 saturated heterocycles. The summed E-state index contributed by atoms with van der Waals surface area (Å²) in [7, 11) is -3.11. The molecule has 2 aliphatic heterocycles. The molecule has 0 saturated carbocycles. The Morgan fingerprint density at radius 3 is 2.36 bits per heavy atom. The van der Waals surface area contributed by atoms with Crippen molar-refractivity contribution < 1.29 is 8.42 Å². The standard InChI is InChI=1S/C9H18N2O2S/c1-9(2,3)14(12,13)11-6-7-4-8(11)5-10-7/h7-8,10H,4-6H2,1-3H3. The summed E-state index contributed by atoms with van der Waals surface area (Å²) in [6.45, 7) is 6.77. The molecule has 0 radical (unpaired) electrons. The summed E-state index contributed by atoms with van der Waals surface area (Å²) in [5.74, 6) is 0. The molecule has 2 aliphatic rings. The van der Waals surface area contributed by atoms with E-state index in [0.29, 0.717) is 12.6 Å². The molecule has 2 heterocycles. The van der Waals surface area contributed by atoms with Crippen molar-refractivity contribution in [2.45, 2.75) is 44.0 Å². The lowest BCUT2D eigenvalue weighted by atomic mass is 10.2. The molecule has 1 N–H and O–H groups in total. The van der Waals surface area contributed by atoms with Crippen LogP contribution < -0.4 is 5.32 Å². The van der Waals surface area contributed by atoms with E-state index in [1.807, 2.05) is 0 Å². The van der Waals surface area contributed by atoms with Crippen LogP contribution in [0.25, 0.3) is 0 Å². The number of hydrogen-bond donors (Lipinski definition) is 1. The van der Waals surface area contributed by atoms with Gasteiger partial charge in [0.2, 0.25) is 10.0 Å². The first-order valence-corrected chi connectivity index (χ1v) is 6.51. The van der Waals surface area contributed by atoms with Gasteiger partial charge in [0.1, 0.15) is 0 Å². The van der Waals surface area contributed by atoms with Crippen molar-refractivity contribution >= 4 is 10.0 Å². The molecule has 2 atom stereocenters. The van der Waals surface area contributed by atoms with Gasteiger partial charge in [0.25, 0.3) is 0 Å². The van der Waals surface area contributed by atoms with Gasteiger partial charge in [-0.3, -0.25) is 0 Å². The van der Waals surface area contributed by atoms with E-state index in [9.17, 15) is 8.42 Å². The largest absolute Gasteiger partial charge is 0.311 e. The maximum atomic E-state index is 12.1. The Kier molecular flexibility index (Phi) is 2.18. The first kappa shape index (κ1) is 10.4. The lowest BCUT2D eigenvalue weighted by Crippen LogP contribution is -2.51. The van der Waals surface area contributed by atoms with Gasteiger partial charge in [-0.2, -0.15) is 4.31 Å². The molecule has 0 aliphatic carbocycles. The van der Waals surface area contributed by atoms with Crippen LogP contribution in [0.3, 0.4) is 0 Å². The van der Waals surface area contributed by atoms with Gasteiger partial charge in [-0.05, 0) is 27.2 Å². The highest BCUT2D eigenvalue weighted by atomic mass is 32.2. The summed E-state index contributed by atoms with van der Waals surface area (Å²) in [5, 5.41) is 3.30. The summed E-state index contributed by atoms with van der Waals surface area (Å²) in [4.78, 5) is 0. The fourth-order valence-corrected chi connectivity index (χ4v) is 3.80. The van der Waals surface area contributed by atoms with Gasteiger partial charge in [0.15, 0.2) is 0 Å². The number of piperazine rings is 1. The number of fused-ring (bicyclic) bond motifs is 2. The number of rotatable bonds is 1. The van der Waals surface area contributed by atoms with E-state index in [0.717, 1.165) is 13.0 Å². The lowest BCUT2D eigenvalue weighted by Gasteiger charge is -2.32. The minimum atomic E-state index is -3.11. The predicted octanol–water partition coefficient (Wildman–Crippen LogP) is 0.161. The minimum Gasteiger partial charge on any atom is -0.311 e. The van der Waals surface area contributed by atoms with Gasteiger partial charge >= 0.3 is 0 Å². The quantitative estimate of drug-likeness (QED) is 0.682. The first-order valence-electron chi connectivity index (χ1n) is 5.07. The van der Waals surface area contributed by atoms with Gasteiger partial charge in [-0.1, -0.05) is 0 Å². The highest BCUT2D eigenvalue weighted by Gasteiger charge is 2.47. The summed E-state index contributed by atoms with van der Waals surface area (Å²) >= 11 is 0. The molecule has 0 aromatic heterocycles. The fourth-order valence-electron chi connectivity index (χ4n) is 2.17. The summed E-state index contributed by atoms with van der Waals surface area (Å²) in [6.07, 6.45) is 0.981. The molecule has 2 fully saturated rings. The number of sulfonamides is 1. The smallest absolute Gasteiger partial charge is 0.219 e. The van der Waals surface area contributed by atoms with E-state index >= 15 is 0 Å². The maximum Gasteiger partial charge on any atom is 0.219 e. The van der Waals surface area contributed by atoms with Crippen molar-refractivity contribution in [1.29, 1.82) is 0 Å². The highest BCUT2D eigenvalue weighted by molar-refractivity contribution is 7.90. The third kappa shape index (κ3) is 1.38. The van der Waals surface area contributed by atoms with Crippen molar-refractivity contribution in [2.24, 2.45) is 0 Å². The van der Waals surface area contributed by atoms with Crippen molar-refractivity contribution in [3.8, 4) is 0 Å². The van der Waals surface area contributed by atoms with Gasteiger partial charge in [0.05, 0.1) is 4.75 Å². The highest BCUT2D eigenvalue weighted by Crippen LogP contribution is 2.31. The molecule has 2 bridgehead atoms. The van der Waals surface area contributed by atoms with Crippen LogP contribution in [0.2, 0.25) is 0 Å². The van der Waals surface area contributed by atoms with Gasteiger partial charge in [-0.25, -0.2) is 8.42 Å². The molecule has 0 amide bonds. The number of nitrogens with one attached hydrogen (secondary N) is 1. The third-order valence-electron chi connectivity index (χ3n) is 3.09. The van der Waals surface area contributed by atoms with Crippen LogP contribution in [-0.2, 0) is 10.0 Å². The molecular formula is C9H18N2O2S. The molecule has 2 rings (SSSR count). The average molecular weight is 218 g/mol. The summed E-state index contributed by atoms with van der Waals surface area (Å²) < 4.78 is 25.3. The first-order chi connectivity index (χ1) is 6.32. The van der Waals surface area contributed by atoms with E-state index in [4.69, 9.17) is 0 Å². The Balaban J connectivity index is 2.25. The van der Waals surface area contributed by atoms with Gasteiger partial charge in [-0.15, -0.1) is 0 Å². The predicted molar refractivity (Wildman–Crippen MR) is 55.6 cm³/mol. The minimum absolute atomic E-state index is 0.198. The van der Waals surface area contributed by atoms with Crippen LogP contribution in [0.4, 0.5) is 0 Å². The van der Waals surface area contributed by atoms with Crippen LogP contribution in [0, 0.1) is 0 Å². The maximum absolute atomic E-state index is 12.1. The van der Waals surface area contributed by atoms with E-state index in [1.165, 1.54) is 0 Å². The van der Waals surface area contributed by atoms with E-state index in [2.05, 4.69) is 5.32 Å². The van der Waals surface area contributed by atoms with Crippen LogP contribution in [-0.4, -0.2) is 42.6 Å². The molecule has 2 unspecified atom stereocenters. The molecule has 0 spiro atoms. The Morgan fingerprint density at radius 1 is 1.36 bits per heavy atom. The molecular weight excluding hydrogens is 200 g/mol. The zero-order valence-corrected chi connectivity index (χ0v) is 9.76. The normalized spacial score (nSPS) is 33.9. The monoisotopic (exact) mass is 218 g/mol. The zero-order valence-electron chi connectivity index (χ0n) is 8.95. The SMILES string of the molecule is CC(C)(C)S(=O)(=O)N1CC2CC1CN2. The topological polar surface area (TPSA) is 49.4 Å². The van der Waals surface area contributed by atoms with E-state index in [1.54, 1.807) is 25.1 Å². The molecule has 82 valence electrons. The average Bonchev–Trinajstić information content (AvgIpc) is 2.61. The fraction of sp³-hybridized carbons (Fsp3) is 1.00. The van der Waals surface area contributed by atoms with Crippen molar-refractivity contribution in [2.75, 3.05) is 13.1 Å². The van der Waals surface area contributed by atoms with Crippen LogP contribution >= 0.6 is 0 Å². The van der Waals surface area contributed by atoms with E-state index < -0.39 is 14.8 Å². The van der Waals surface area contributed by atoms with E-state index in [-0.39, 0.29) is 6.04 Å². The van der Waals surface area contributed by atoms with Gasteiger partial charge in [0, 0.05) is 25.2 Å². The summed E-state index contributed by atoms with van der Waals surface area (Å²) in [6, 6.07) is 0.585. The van der Waals surface area contributed by atoms with Crippen LogP contribution in [0.5, 0.6) is 0 Å². The second kappa shape index (κ2) is 2.93. The Hall–Kier alpha value is -0.130. The van der Waals surface area contributed by atoms with Gasteiger partial charge < -0.3 is 5.32 Å². The van der Waals surface area contributed by atoms with Crippen LogP contribution in [0.1, 0.15) is 27.2 Å². The lowest BCUT2D eigenvalue weighted by molar-refractivity contribution is 0.338. The third-order valence-corrected chi connectivity index (χ3v) is 5.70. The van der Waals surface area contributed by atoms with Crippen molar-refractivity contribution in [1.82, 2.24) is 9.62 Å². The van der Waals surface area contributed by atoms with Crippen molar-refractivity contribution in [3.05, 3.63) is 0 Å².